The highest BCUT2D eigenvalue weighted by Gasteiger charge is 1.95. The maximum atomic E-state index is 5.89. The Balaban J connectivity index is 1.85. The van der Waals surface area contributed by atoms with Gasteiger partial charge < -0.3 is 4.74 Å². The number of hydrogen-bond donors (Lipinski definition) is 0. The number of rotatable bonds is 4. The van der Waals surface area contributed by atoms with E-state index in [0.717, 1.165) is 10.6 Å². The molecule has 0 N–H and O–H groups in total. The second-order valence-corrected chi connectivity index (χ2v) is 4.04. The van der Waals surface area contributed by atoms with Crippen molar-refractivity contribution in [2.75, 3.05) is 0 Å². The highest BCUT2D eigenvalue weighted by Crippen LogP contribution is 2.12. The Labute approximate surface area is 101 Å². The lowest BCUT2D eigenvalue weighted by molar-refractivity contribution is 0.107. The largest absolute Gasteiger partial charge is 0.372 e. The standard InChI is InChI=1S/C14H13ClO/c15-14-8-4-7-13(9-14)11-16-10-12-5-2-1-3-6-12/h1-9H,10-11H2. The van der Waals surface area contributed by atoms with Crippen molar-refractivity contribution in [3.8, 4) is 0 Å². The molecule has 0 aromatic heterocycles. The van der Waals surface area contributed by atoms with Gasteiger partial charge in [-0.1, -0.05) is 54.1 Å². The molecule has 0 atom stereocenters. The molecule has 0 aliphatic heterocycles. The van der Waals surface area contributed by atoms with Crippen LogP contribution in [0.15, 0.2) is 54.6 Å². The van der Waals surface area contributed by atoms with E-state index in [2.05, 4.69) is 12.1 Å². The molecule has 0 radical (unpaired) electrons. The van der Waals surface area contributed by atoms with E-state index in [4.69, 9.17) is 16.3 Å². The van der Waals surface area contributed by atoms with Crippen LogP contribution in [0.5, 0.6) is 0 Å². The molecule has 0 fully saturated rings. The number of ether oxygens (including phenoxy) is 1. The Morgan fingerprint density at radius 3 is 2.25 bits per heavy atom. The zero-order valence-corrected chi connectivity index (χ0v) is 9.65. The van der Waals surface area contributed by atoms with Crippen LogP contribution in [0.25, 0.3) is 0 Å². The first kappa shape index (κ1) is 11.2. The van der Waals surface area contributed by atoms with Gasteiger partial charge in [0, 0.05) is 5.02 Å². The third-order valence-electron chi connectivity index (χ3n) is 2.27. The zero-order chi connectivity index (χ0) is 11.2. The number of halogens is 1. The van der Waals surface area contributed by atoms with Crippen LogP contribution >= 0.6 is 11.6 Å². The normalized spacial score (nSPS) is 10.3. The minimum absolute atomic E-state index is 0.593. The molecule has 2 heteroatoms. The molecule has 0 spiro atoms. The predicted molar refractivity (Wildman–Crippen MR) is 66.4 cm³/mol. The number of hydrogen-bond acceptors (Lipinski definition) is 1. The topological polar surface area (TPSA) is 9.23 Å². The lowest BCUT2D eigenvalue weighted by Crippen LogP contribution is -1.93. The van der Waals surface area contributed by atoms with Crippen molar-refractivity contribution in [1.29, 1.82) is 0 Å². The van der Waals surface area contributed by atoms with E-state index in [1.807, 2.05) is 42.5 Å². The monoisotopic (exact) mass is 232 g/mol. The Hall–Kier alpha value is -1.31. The van der Waals surface area contributed by atoms with E-state index in [9.17, 15) is 0 Å². The van der Waals surface area contributed by atoms with E-state index >= 15 is 0 Å². The summed E-state index contributed by atoms with van der Waals surface area (Å²) < 4.78 is 5.60. The van der Waals surface area contributed by atoms with Gasteiger partial charge in [-0.2, -0.15) is 0 Å². The maximum Gasteiger partial charge on any atom is 0.0721 e. The van der Waals surface area contributed by atoms with Crippen LogP contribution < -0.4 is 0 Å². The van der Waals surface area contributed by atoms with Crippen LogP contribution in [0.2, 0.25) is 5.02 Å². The summed E-state index contributed by atoms with van der Waals surface area (Å²) in [7, 11) is 0. The van der Waals surface area contributed by atoms with Crippen molar-refractivity contribution < 1.29 is 4.74 Å². The first-order valence-electron chi connectivity index (χ1n) is 5.21. The Morgan fingerprint density at radius 1 is 0.812 bits per heavy atom. The molecule has 0 heterocycles. The van der Waals surface area contributed by atoms with Gasteiger partial charge in [-0.05, 0) is 23.3 Å². The smallest absolute Gasteiger partial charge is 0.0721 e. The van der Waals surface area contributed by atoms with Crippen molar-refractivity contribution in [1.82, 2.24) is 0 Å². The van der Waals surface area contributed by atoms with Gasteiger partial charge in [-0.3, -0.25) is 0 Å². The Bertz CT molecular complexity index is 439. The molecule has 0 saturated carbocycles. The summed E-state index contributed by atoms with van der Waals surface area (Å²) in [6.07, 6.45) is 0. The van der Waals surface area contributed by atoms with Gasteiger partial charge in [0.25, 0.3) is 0 Å². The first-order chi connectivity index (χ1) is 7.84. The quantitative estimate of drug-likeness (QED) is 0.773. The summed E-state index contributed by atoms with van der Waals surface area (Å²) in [5, 5.41) is 0.751. The number of benzene rings is 2. The molecule has 16 heavy (non-hydrogen) atoms. The lowest BCUT2D eigenvalue weighted by atomic mass is 10.2. The SMILES string of the molecule is Clc1cccc(COCc2ccccc2)c1. The van der Waals surface area contributed by atoms with Gasteiger partial charge in [0.1, 0.15) is 0 Å². The van der Waals surface area contributed by atoms with Gasteiger partial charge in [0.2, 0.25) is 0 Å². The third kappa shape index (κ3) is 3.37. The van der Waals surface area contributed by atoms with Crippen LogP contribution in [-0.2, 0) is 18.0 Å². The highest BCUT2D eigenvalue weighted by molar-refractivity contribution is 6.30. The molecule has 0 aliphatic rings. The van der Waals surface area contributed by atoms with E-state index in [0.29, 0.717) is 13.2 Å². The second-order valence-electron chi connectivity index (χ2n) is 3.61. The van der Waals surface area contributed by atoms with Crippen molar-refractivity contribution in [3.63, 3.8) is 0 Å². The molecule has 2 rings (SSSR count). The molecule has 0 saturated heterocycles. The predicted octanol–water partition coefficient (Wildman–Crippen LogP) is 4.06. The van der Waals surface area contributed by atoms with Crippen LogP contribution in [0.3, 0.4) is 0 Å². The minimum Gasteiger partial charge on any atom is -0.372 e. The van der Waals surface area contributed by atoms with E-state index < -0.39 is 0 Å². The summed E-state index contributed by atoms with van der Waals surface area (Å²) in [5.41, 5.74) is 2.29. The van der Waals surface area contributed by atoms with Crippen molar-refractivity contribution in [2.24, 2.45) is 0 Å². The molecule has 0 bridgehead atoms. The van der Waals surface area contributed by atoms with Crippen LogP contribution in [-0.4, -0.2) is 0 Å². The van der Waals surface area contributed by atoms with Crippen LogP contribution in [0, 0.1) is 0 Å². The molecule has 82 valence electrons. The minimum atomic E-state index is 0.593. The van der Waals surface area contributed by atoms with Gasteiger partial charge in [-0.25, -0.2) is 0 Å². The van der Waals surface area contributed by atoms with Gasteiger partial charge in [0.05, 0.1) is 13.2 Å². The molecular weight excluding hydrogens is 220 g/mol. The fourth-order valence-corrected chi connectivity index (χ4v) is 1.70. The maximum absolute atomic E-state index is 5.89. The highest BCUT2D eigenvalue weighted by atomic mass is 35.5. The summed E-state index contributed by atoms with van der Waals surface area (Å²) in [5.74, 6) is 0. The van der Waals surface area contributed by atoms with Crippen molar-refractivity contribution in [3.05, 3.63) is 70.7 Å². The molecule has 1 nitrogen and oxygen atoms in total. The lowest BCUT2D eigenvalue weighted by Gasteiger charge is -2.04. The average molecular weight is 233 g/mol. The third-order valence-corrected chi connectivity index (χ3v) is 2.50. The molecule has 2 aromatic carbocycles. The zero-order valence-electron chi connectivity index (χ0n) is 8.90. The Kier molecular flexibility index (Phi) is 3.97. The molecule has 0 aliphatic carbocycles. The van der Waals surface area contributed by atoms with Gasteiger partial charge >= 0.3 is 0 Å². The fraction of sp³-hybridized carbons (Fsp3) is 0.143. The van der Waals surface area contributed by atoms with E-state index in [1.165, 1.54) is 5.56 Å². The first-order valence-corrected chi connectivity index (χ1v) is 5.58. The average Bonchev–Trinajstić information content (AvgIpc) is 2.30. The summed E-state index contributed by atoms with van der Waals surface area (Å²) >= 11 is 5.89. The van der Waals surface area contributed by atoms with E-state index in [1.54, 1.807) is 0 Å². The molecule has 0 unspecified atom stereocenters. The Morgan fingerprint density at radius 2 is 1.50 bits per heavy atom. The molecule has 2 aromatic rings. The summed E-state index contributed by atoms with van der Waals surface area (Å²) in [6, 6.07) is 17.9. The summed E-state index contributed by atoms with van der Waals surface area (Å²) in [4.78, 5) is 0. The van der Waals surface area contributed by atoms with Gasteiger partial charge in [-0.15, -0.1) is 0 Å². The van der Waals surface area contributed by atoms with E-state index in [-0.39, 0.29) is 0 Å². The van der Waals surface area contributed by atoms with Gasteiger partial charge in [0.15, 0.2) is 0 Å². The van der Waals surface area contributed by atoms with Crippen LogP contribution in [0.1, 0.15) is 11.1 Å². The molecule has 0 amide bonds. The van der Waals surface area contributed by atoms with Crippen LogP contribution in [0.4, 0.5) is 0 Å². The molecular formula is C14H13ClO. The second kappa shape index (κ2) is 5.69. The summed E-state index contributed by atoms with van der Waals surface area (Å²) in [6.45, 7) is 1.23. The van der Waals surface area contributed by atoms with Crippen molar-refractivity contribution in [2.45, 2.75) is 13.2 Å². The van der Waals surface area contributed by atoms with Crippen molar-refractivity contribution >= 4 is 11.6 Å². The fourth-order valence-electron chi connectivity index (χ4n) is 1.49.